The second-order valence-corrected chi connectivity index (χ2v) is 8.71. The van der Waals surface area contributed by atoms with Crippen LogP contribution in [0.3, 0.4) is 0 Å². The number of H-pyrrole nitrogens is 1. The Morgan fingerprint density at radius 1 is 1.15 bits per heavy atom. The van der Waals surface area contributed by atoms with Crippen LogP contribution in [0.2, 0.25) is 0 Å². The molecule has 2 heterocycles. The van der Waals surface area contributed by atoms with E-state index in [1.165, 1.54) is 16.8 Å². The Morgan fingerprint density at radius 2 is 2.06 bits per heavy atom. The Labute approximate surface area is 199 Å². The molecule has 0 aliphatic heterocycles. The van der Waals surface area contributed by atoms with Gasteiger partial charge in [0.25, 0.3) is 0 Å². The van der Waals surface area contributed by atoms with Gasteiger partial charge in [0.05, 0.1) is 35.5 Å². The van der Waals surface area contributed by atoms with Crippen LogP contribution in [0.5, 0.6) is 0 Å². The first-order valence-electron chi connectivity index (χ1n) is 11.7. The van der Waals surface area contributed by atoms with Gasteiger partial charge in [-0.1, -0.05) is 35.5 Å². The number of para-hydroxylation sites is 2. The normalized spacial score (nSPS) is 15.8. The summed E-state index contributed by atoms with van der Waals surface area (Å²) in [4.78, 5) is 20.5. The van der Waals surface area contributed by atoms with E-state index in [1.54, 1.807) is 13.3 Å². The number of nitrogens with one attached hydrogen (secondary N) is 1. The van der Waals surface area contributed by atoms with E-state index in [-0.39, 0.29) is 6.04 Å². The fraction of sp³-hybridized carbons (Fsp3) is 0.296. The largest absolute Gasteiger partial charge is 0.399 e. The molecular weight excluding hydrogens is 424 g/mol. The number of hydrogen-bond acceptors (Lipinski definition) is 6. The van der Waals surface area contributed by atoms with Crippen molar-refractivity contribution in [3.8, 4) is 0 Å². The molecule has 1 unspecified atom stereocenters. The molecule has 0 bridgehead atoms. The summed E-state index contributed by atoms with van der Waals surface area (Å²) in [7, 11) is 1.54. The monoisotopic (exact) mass is 454 g/mol. The molecule has 4 aromatic rings. The van der Waals surface area contributed by atoms with E-state index in [4.69, 9.17) is 20.5 Å². The van der Waals surface area contributed by atoms with E-state index >= 15 is 0 Å². The second-order valence-electron chi connectivity index (χ2n) is 8.71. The van der Waals surface area contributed by atoms with Gasteiger partial charge in [0.15, 0.2) is 0 Å². The number of pyridine rings is 1. The molecule has 1 aliphatic rings. The zero-order valence-electron chi connectivity index (χ0n) is 19.4. The molecule has 7 nitrogen and oxygen atoms in total. The molecule has 0 amide bonds. The molecule has 0 saturated carbocycles. The summed E-state index contributed by atoms with van der Waals surface area (Å²) in [5, 5.41) is 3.89. The van der Waals surface area contributed by atoms with Gasteiger partial charge in [-0.3, -0.25) is 9.88 Å². The summed E-state index contributed by atoms with van der Waals surface area (Å²) in [6, 6.07) is 18.9. The van der Waals surface area contributed by atoms with Crippen LogP contribution in [0, 0.1) is 0 Å². The summed E-state index contributed by atoms with van der Waals surface area (Å²) in [5.74, 6) is 0.961. The molecule has 0 radical (unpaired) electrons. The number of aromatic amines is 1. The number of imidazole rings is 1. The average Bonchev–Trinajstić information content (AvgIpc) is 3.29. The standard InChI is InChI=1S/C27H30N6O/c1-34-30-16-19-11-12-21(22(14-19)15-28)17-33(18-26-31-23-8-2-3-9-24(23)32-26)25-10-4-6-20-7-5-13-29-27(20)25/h2-3,5,7-9,11-14,16,25H,4,6,10,15,17-18,28H2,1H3,(H,31,32)/b30-16+. The number of nitrogens with two attached hydrogens (primary N) is 1. The van der Waals surface area contributed by atoms with Crippen LogP contribution in [0.4, 0.5) is 0 Å². The number of oxime groups is 1. The van der Waals surface area contributed by atoms with Crippen LogP contribution in [0.1, 0.15) is 52.7 Å². The lowest BCUT2D eigenvalue weighted by Crippen LogP contribution is -2.32. The number of aryl methyl sites for hydroxylation is 1. The predicted molar refractivity (Wildman–Crippen MR) is 134 cm³/mol. The van der Waals surface area contributed by atoms with E-state index in [0.717, 1.165) is 53.8 Å². The molecular formula is C27H30N6O. The first-order chi connectivity index (χ1) is 16.7. The van der Waals surface area contributed by atoms with Gasteiger partial charge in [-0.15, -0.1) is 0 Å². The quantitative estimate of drug-likeness (QED) is 0.303. The molecule has 1 atom stereocenters. The topological polar surface area (TPSA) is 92.4 Å². The van der Waals surface area contributed by atoms with Gasteiger partial charge < -0.3 is 15.6 Å². The highest BCUT2D eigenvalue weighted by Gasteiger charge is 2.28. The third kappa shape index (κ3) is 4.71. The van der Waals surface area contributed by atoms with Crippen LogP contribution in [-0.2, 0) is 30.9 Å². The molecule has 3 N–H and O–H groups in total. The van der Waals surface area contributed by atoms with E-state index in [9.17, 15) is 0 Å². The minimum atomic E-state index is 0.221. The van der Waals surface area contributed by atoms with Gasteiger partial charge >= 0.3 is 0 Å². The molecule has 2 aromatic carbocycles. The summed E-state index contributed by atoms with van der Waals surface area (Å²) >= 11 is 0. The highest BCUT2D eigenvalue weighted by atomic mass is 16.6. The molecule has 2 aromatic heterocycles. The fourth-order valence-electron chi connectivity index (χ4n) is 4.89. The number of aromatic nitrogens is 3. The Kier molecular flexibility index (Phi) is 6.65. The first-order valence-corrected chi connectivity index (χ1v) is 11.7. The van der Waals surface area contributed by atoms with Gasteiger partial charge in [0, 0.05) is 19.3 Å². The Morgan fingerprint density at radius 3 is 2.91 bits per heavy atom. The molecule has 5 rings (SSSR count). The average molecular weight is 455 g/mol. The maximum atomic E-state index is 6.16. The third-order valence-electron chi connectivity index (χ3n) is 6.53. The Balaban J connectivity index is 1.50. The summed E-state index contributed by atoms with van der Waals surface area (Å²) in [6.07, 6.45) is 6.92. The van der Waals surface area contributed by atoms with Crippen LogP contribution in [0.25, 0.3) is 11.0 Å². The predicted octanol–water partition coefficient (Wildman–Crippen LogP) is 4.48. The van der Waals surface area contributed by atoms with Gasteiger partial charge in [-0.2, -0.15) is 0 Å². The lowest BCUT2D eigenvalue weighted by Gasteiger charge is -2.35. The van der Waals surface area contributed by atoms with E-state index in [2.05, 4.69) is 45.4 Å². The fourth-order valence-corrected chi connectivity index (χ4v) is 4.89. The number of benzene rings is 2. The van der Waals surface area contributed by atoms with Gasteiger partial charge in [-0.05, 0) is 65.8 Å². The van der Waals surface area contributed by atoms with E-state index in [0.29, 0.717) is 13.1 Å². The van der Waals surface area contributed by atoms with Crippen molar-refractivity contribution in [2.24, 2.45) is 10.9 Å². The molecule has 174 valence electrons. The number of hydrogen-bond donors (Lipinski definition) is 2. The van der Waals surface area contributed by atoms with Crippen LogP contribution < -0.4 is 5.73 Å². The summed E-state index contributed by atoms with van der Waals surface area (Å²) in [5.41, 5.74) is 14.0. The van der Waals surface area contributed by atoms with E-state index < -0.39 is 0 Å². The van der Waals surface area contributed by atoms with Crippen molar-refractivity contribution in [3.63, 3.8) is 0 Å². The number of fused-ring (bicyclic) bond motifs is 2. The molecule has 0 spiro atoms. The Bertz CT molecular complexity index is 1260. The summed E-state index contributed by atoms with van der Waals surface area (Å²) in [6.45, 7) is 1.92. The van der Waals surface area contributed by atoms with Gasteiger partial charge in [-0.25, -0.2) is 4.98 Å². The maximum Gasteiger partial charge on any atom is 0.121 e. The maximum absolute atomic E-state index is 6.16. The minimum Gasteiger partial charge on any atom is -0.399 e. The van der Waals surface area contributed by atoms with Crippen molar-refractivity contribution in [1.29, 1.82) is 0 Å². The van der Waals surface area contributed by atoms with E-state index in [1.807, 2.05) is 30.5 Å². The zero-order valence-corrected chi connectivity index (χ0v) is 19.4. The van der Waals surface area contributed by atoms with Crippen molar-refractivity contribution in [2.75, 3.05) is 7.11 Å². The van der Waals surface area contributed by atoms with Crippen molar-refractivity contribution >= 4 is 17.2 Å². The lowest BCUT2D eigenvalue weighted by atomic mass is 9.90. The molecule has 0 saturated heterocycles. The second kappa shape index (κ2) is 10.2. The first kappa shape index (κ1) is 22.3. The van der Waals surface area contributed by atoms with Crippen molar-refractivity contribution in [1.82, 2.24) is 19.9 Å². The highest BCUT2D eigenvalue weighted by molar-refractivity contribution is 5.79. The van der Waals surface area contributed by atoms with Crippen molar-refractivity contribution in [2.45, 2.75) is 44.9 Å². The zero-order chi connectivity index (χ0) is 23.3. The van der Waals surface area contributed by atoms with Crippen molar-refractivity contribution < 1.29 is 4.84 Å². The Hall–Kier alpha value is -3.55. The number of rotatable bonds is 8. The molecule has 34 heavy (non-hydrogen) atoms. The molecule has 1 aliphatic carbocycles. The number of nitrogens with zero attached hydrogens (tertiary/aromatic N) is 4. The molecule has 0 fully saturated rings. The van der Waals surface area contributed by atoms with Crippen LogP contribution >= 0.6 is 0 Å². The van der Waals surface area contributed by atoms with Gasteiger partial charge in [0.2, 0.25) is 0 Å². The minimum absolute atomic E-state index is 0.221. The van der Waals surface area contributed by atoms with Crippen molar-refractivity contribution in [3.05, 3.63) is 94.6 Å². The SMILES string of the molecule is CO/N=C/c1ccc(CN(Cc2nc3ccccc3[nH]2)C2CCCc3cccnc32)c(CN)c1. The molecule has 7 heteroatoms. The lowest BCUT2D eigenvalue weighted by molar-refractivity contribution is 0.153. The van der Waals surface area contributed by atoms with Crippen LogP contribution in [0.15, 0.2) is 65.9 Å². The summed E-state index contributed by atoms with van der Waals surface area (Å²) < 4.78 is 0. The van der Waals surface area contributed by atoms with Gasteiger partial charge in [0.1, 0.15) is 12.9 Å². The third-order valence-corrected chi connectivity index (χ3v) is 6.53. The van der Waals surface area contributed by atoms with Crippen LogP contribution in [-0.4, -0.2) is 33.2 Å². The smallest absolute Gasteiger partial charge is 0.121 e. The highest BCUT2D eigenvalue weighted by Crippen LogP contribution is 2.35.